The van der Waals surface area contributed by atoms with Crippen LogP contribution in [-0.4, -0.2) is 74.4 Å². The van der Waals surface area contributed by atoms with Gasteiger partial charge in [-0.3, -0.25) is 14.8 Å². The zero-order valence-electron chi connectivity index (χ0n) is 18.0. The minimum atomic E-state index is -1.97. The number of aliphatic hydroxyl groups is 1. The third kappa shape index (κ3) is 4.06. The van der Waals surface area contributed by atoms with Gasteiger partial charge in [0.05, 0.1) is 6.04 Å². The Morgan fingerprint density at radius 2 is 1.69 bits per heavy atom. The highest BCUT2D eigenvalue weighted by Crippen LogP contribution is 2.42. The fourth-order valence-electron chi connectivity index (χ4n) is 5.94. The lowest BCUT2D eigenvalue weighted by Gasteiger charge is -2.40. The first-order valence-electron chi connectivity index (χ1n) is 11.4. The highest BCUT2D eigenvalue weighted by Gasteiger charge is 2.56. The number of hydrogen-bond acceptors (Lipinski definition) is 5. The molecule has 2 aliphatic heterocycles. The van der Waals surface area contributed by atoms with E-state index in [1.807, 2.05) is 23.1 Å². The van der Waals surface area contributed by atoms with Gasteiger partial charge in [-0.15, -0.1) is 0 Å². The van der Waals surface area contributed by atoms with Gasteiger partial charge in [0.1, 0.15) is 0 Å². The van der Waals surface area contributed by atoms with Crippen LogP contribution >= 0.6 is 0 Å². The summed E-state index contributed by atoms with van der Waals surface area (Å²) in [5, 5.41) is 29.6. The Morgan fingerprint density at radius 1 is 1.00 bits per heavy atom. The molecular weight excluding hydrogens is 414 g/mol. The summed E-state index contributed by atoms with van der Waals surface area (Å²) in [6.07, 6.45) is 1.96. The Hall–Kier alpha value is -2.65. The second kappa shape index (κ2) is 9.07. The lowest BCUT2D eigenvalue weighted by atomic mass is 9.73. The van der Waals surface area contributed by atoms with Crippen LogP contribution < -0.4 is 5.48 Å². The van der Waals surface area contributed by atoms with Gasteiger partial charge in [-0.1, -0.05) is 30.3 Å². The fourth-order valence-corrected chi connectivity index (χ4v) is 5.94. The summed E-state index contributed by atoms with van der Waals surface area (Å²) in [4.78, 5) is 40.0. The summed E-state index contributed by atoms with van der Waals surface area (Å²) in [5.74, 6) is -0.859. The van der Waals surface area contributed by atoms with E-state index in [1.54, 1.807) is 0 Å². The van der Waals surface area contributed by atoms with E-state index in [1.165, 1.54) is 11.0 Å². The number of likely N-dealkylation sites (tertiary alicyclic amines) is 2. The van der Waals surface area contributed by atoms with Crippen molar-refractivity contribution in [3.8, 4) is 0 Å². The summed E-state index contributed by atoms with van der Waals surface area (Å²) in [5.41, 5.74) is 0.775. The third-order valence-electron chi connectivity index (χ3n) is 7.64. The van der Waals surface area contributed by atoms with E-state index in [4.69, 9.17) is 5.21 Å². The normalized spacial score (nSPS) is 32.7. The van der Waals surface area contributed by atoms with Crippen LogP contribution in [0.1, 0.15) is 50.0 Å². The van der Waals surface area contributed by atoms with Gasteiger partial charge in [0.15, 0.2) is 5.60 Å². The average Bonchev–Trinajstić information content (AvgIpc) is 3.45. The number of carbonyl (C=O) groups excluding carboxylic acids is 2. The SMILES string of the molecule is O=C(C1CCC(C2N(C(=O)O)CC[C@]2(O)C(=O)NO)CC1)N1CC[C@H](c2ccccc2)C1. The van der Waals surface area contributed by atoms with Crippen LogP contribution in [0.15, 0.2) is 30.3 Å². The molecule has 4 N–H and O–H groups in total. The maximum atomic E-state index is 13.1. The van der Waals surface area contributed by atoms with Crippen molar-refractivity contribution in [1.29, 1.82) is 0 Å². The molecule has 174 valence electrons. The predicted octanol–water partition coefficient (Wildman–Crippen LogP) is 1.80. The van der Waals surface area contributed by atoms with Gasteiger partial charge in [-0.2, -0.15) is 0 Å². The van der Waals surface area contributed by atoms with Crippen LogP contribution in [0.5, 0.6) is 0 Å². The molecule has 1 unspecified atom stereocenters. The molecule has 1 saturated carbocycles. The van der Waals surface area contributed by atoms with Crippen molar-refractivity contribution in [2.45, 2.75) is 56.1 Å². The molecule has 3 fully saturated rings. The van der Waals surface area contributed by atoms with E-state index >= 15 is 0 Å². The van der Waals surface area contributed by atoms with Crippen molar-refractivity contribution >= 4 is 17.9 Å². The van der Waals surface area contributed by atoms with E-state index in [2.05, 4.69) is 12.1 Å². The Labute approximate surface area is 187 Å². The first kappa shape index (κ1) is 22.5. The molecule has 1 aromatic carbocycles. The molecular formula is C23H31N3O6. The monoisotopic (exact) mass is 445 g/mol. The summed E-state index contributed by atoms with van der Waals surface area (Å²) in [7, 11) is 0. The summed E-state index contributed by atoms with van der Waals surface area (Å²) in [6, 6.07) is 9.29. The van der Waals surface area contributed by atoms with E-state index in [-0.39, 0.29) is 30.7 Å². The number of rotatable bonds is 4. The molecule has 3 atom stereocenters. The van der Waals surface area contributed by atoms with Crippen LogP contribution in [-0.2, 0) is 9.59 Å². The molecule has 3 amide bonds. The Morgan fingerprint density at radius 3 is 2.31 bits per heavy atom. The second-order valence-corrected chi connectivity index (χ2v) is 9.33. The van der Waals surface area contributed by atoms with Crippen molar-refractivity contribution in [2.75, 3.05) is 19.6 Å². The van der Waals surface area contributed by atoms with Crippen LogP contribution in [0.25, 0.3) is 0 Å². The fraction of sp³-hybridized carbons (Fsp3) is 0.609. The molecule has 9 nitrogen and oxygen atoms in total. The second-order valence-electron chi connectivity index (χ2n) is 9.33. The molecule has 1 aliphatic carbocycles. The highest BCUT2D eigenvalue weighted by molar-refractivity contribution is 5.86. The standard InChI is InChI=1S/C23H31N3O6/c27-20(25-12-10-18(14-25)15-4-2-1-3-5-15)17-8-6-16(7-9-17)19-23(31,21(28)24-32)11-13-26(19)22(29)30/h1-5,16-19,31-32H,6-14H2,(H,24,28)(H,29,30)/t16?,17?,18-,19?,23+/m0/s1. The van der Waals surface area contributed by atoms with Gasteiger partial charge < -0.3 is 20.0 Å². The molecule has 0 aromatic heterocycles. The Bertz CT molecular complexity index is 857. The molecule has 0 radical (unpaired) electrons. The molecule has 3 aliphatic rings. The molecule has 2 saturated heterocycles. The number of hydrogen-bond donors (Lipinski definition) is 4. The summed E-state index contributed by atoms with van der Waals surface area (Å²) >= 11 is 0. The number of hydroxylamine groups is 1. The zero-order valence-corrected chi connectivity index (χ0v) is 18.0. The van der Waals surface area contributed by atoms with Gasteiger partial charge in [0, 0.05) is 37.9 Å². The topological polar surface area (TPSA) is 130 Å². The predicted molar refractivity (Wildman–Crippen MR) is 114 cm³/mol. The van der Waals surface area contributed by atoms with Crippen molar-refractivity contribution in [3.63, 3.8) is 0 Å². The van der Waals surface area contributed by atoms with Crippen molar-refractivity contribution in [3.05, 3.63) is 35.9 Å². The van der Waals surface area contributed by atoms with Gasteiger partial charge in [0.25, 0.3) is 5.91 Å². The Balaban J connectivity index is 1.38. The van der Waals surface area contributed by atoms with Crippen LogP contribution in [0.3, 0.4) is 0 Å². The lowest BCUT2D eigenvalue weighted by Crippen LogP contribution is -2.58. The van der Waals surface area contributed by atoms with Gasteiger partial charge in [-0.25, -0.2) is 10.3 Å². The maximum Gasteiger partial charge on any atom is 0.407 e. The van der Waals surface area contributed by atoms with Crippen LogP contribution in [0, 0.1) is 11.8 Å². The molecule has 9 heteroatoms. The van der Waals surface area contributed by atoms with Crippen molar-refractivity contribution in [2.24, 2.45) is 11.8 Å². The molecule has 1 aromatic rings. The van der Waals surface area contributed by atoms with Crippen LogP contribution in [0.2, 0.25) is 0 Å². The highest BCUT2D eigenvalue weighted by atomic mass is 16.5. The number of benzene rings is 1. The van der Waals surface area contributed by atoms with E-state index in [0.717, 1.165) is 17.9 Å². The minimum Gasteiger partial charge on any atom is -0.465 e. The van der Waals surface area contributed by atoms with Crippen molar-refractivity contribution < 1.29 is 29.8 Å². The zero-order chi connectivity index (χ0) is 22.9. The molecule has 0 bridgehead atoms. The molecule has 4 rings (SSSR count). The largest absolute Gasteiger partial charge is 0.465 e. The third-order valence-corrected chi connectivity index (χ3v) is 7.64. The number of carbonyl (C=O) groups is 3. The molecule has 32 heavy (non-hydrogen) atoms. The van der Waals surface area contributed by atoms with E-state index < -0.39 is 23.6 Å². The number of nitrogens with zero attached hydrogens (tertiary/aromatic N) is 2. The van der Waals surface area contributed by atoms with Gasteiger partial charge >= 0.3 is 6.09 Å². The van der Waals surface area contributed by atoms with E-state index in [0.29, 0.717) is 38.1 Å². The first-order valence-corrected chi connectivity index (χ1v) is 11.4. The minimum absolute atomic E-state index is 0.0252. The van der Waals surface area contributed by atoms with Gasteiger partial charge in [0.2, 0.25) is 5.91 Å². The summed E-state index contributed by atoms with van der Waals surface area (Å²) < 4.78 is 0. The molecule has 2 heterocycles. The van der Waals surface area contributed by atoms with E-state index in [9.17, 15) is 24.6 Å². The van der Waals surface area contributed by atoms with Crippen molar-refractivity contribution in [1.82, 2.24) is 15.3 Å². The maximum absolute atomic E-state index is 13.1. The first-order chi connectivity index (χ1) is 15.3. The quantitative estimate of drug-likeness (QED) is 0.413. The molecule has 0 spiro atoms. The number of carboxylic acid groups (broad SMARTS) is 1. The summed E-state index contributed by atoms with van der Waals surface area (Å²) in [6.45, 7) is 1.48. The average molecular weight is 446 g/mol. The van der Waals surface area contributed by atoms with Gasteiger partial charge in [-0.05, 0) is 43.6 Å². The lowest BCUT2D eigenvalue weighted by molar-refractivity contribution is -0.154. The Kier molecular flexibility index (Phi) is 6.39. The smallest absolute Gasteiger partial charge is 0.407 e. The number of nitrogens with one attached hydrogen (secondary N) is 1. The number of amides is 3. The van der Waals surface area contributed by atoms with Crippen LogP contribution in [0.4, 0.5) is 4.79 Å².